The minimum Gasteiger partial charge on any atom is -0.465 e. The molecule has 0 N–H and O–H groups in total. The summed E-state index contributed by atoms with van der Waals surface area (Å²) in [4.78, 5) is 16.4. The number of ether oxygens (including phenoxy) is 1. The van der Waals surface area contributed by atoms with E-state index in [4.69, 9.17) is 9.72 Å². The van der Waals surface area contributed by atoms with Gasteiger partial charge in [0.15, 0.2) is 0 Å². The molecule has 1 aromatic heterocycles. The second kappa shape index (κ2) is 5.93. The van der Waals surface area contributed by atoms with Crippen LogP contribution in [0.15, 0.2) is 46.9 Å². The molecule has 112 valence electrons. The highest BCUT2D eigenvalue weighted by Gasteiger charge is 2.15. The number of hydrogen-bond donors (Lipinski definition) is 0. The topological polar surface area (TPSA) is 44.1 Å². The smallest absolute Gasteiger partial charge is 0.337 e. The van der Waals surface area contributed by atoms with E-state index in [0.29, 0.717) is 5.56 Å². The molecule has 3 rings (SSSR count). The number of benzene rings is 2. The Kier molecular flexibility index (Phi) is 3.98. The van der Waals surface area contributed by atoms with Gasteiger partial charge in [-0.1, -0.05) is 34.1 Å². The van der Waals surface area contributed by atoms with E-state index >= 15 is 0 Å². The highest BCUT2D eigenvalue weighted by Crippen LogP contribution is 2.30. The predicted molar refractivity (Wildman–Crippen MR) is 89.9 cm³/mol. The van der Waals surface area contributed by atoms with Crippen molar-refractivity contribution in [1.29, 1.82) is 0 Å². The molecule has 4 nitrogen and oxygen atoms in total. The summed E-state index contributed by atoms with van der Waals surface area (Å²) < 4.78 is 7.90. The SMILES string of the molecule is CCn1c(-c2ccccc2Br)nc2cc(C(=O)OC)ccc21. The standard InChI is InChI=1S/C17H15BrN2O2/c1-3-20-15-9-8-11(17(21)22-2)10-14(15)19-16(20)12-6-4-5-7-13(12)18/h4-10H,3H2,1-2H3. The van der Waals surface area contributed by atoms with Crippen molar-refractivity contribution in [2.45, 2.75) is 13.5 Å². The molecule has 0 aliphatic rings. The predicted octanol–water partition coefficient (Wildman–Crippen LogP) is 4.27. The maximum absolute atomic E-state index is 11.7. The van der Waals surface area contributed by atoms with Crippen molar-refractivity contribution >= 4 is 32.9 Å². The van der Waals surface area contributed by atoms with Crippen molar-refractivity contribution in [2.75, 3.05) is 7.11 Å². The summed E-state index contributed by atoms with van der Waals surface area (Å²) in [5.41, 5.74) is 3.33. The van der Waals surface area contributed by atoms with Gasteiger partial charge in [0, 0.05) is 16.6 Å². The van der Waals surface area contributed by atoms with E-state index in [1.165, 1.54) is 7.11 Å². The number of imidazole rings is 1. The molecule has 0 atom stereocenters. The molecule has 0 amide bonds. The highest BCUT2D eigenvalue weighted by atomic mass is 79.9. The van der Waals surface area contributed by atoms with Gasteiger partial charge in [0.05, 0.1) is 23.7 Å². The van der Waals surface area contributed by atoms with Crippen LogP contribution >= 0.6 is 15.9 Å². The fourth-order valence-corrected chi connectivity index (χ4v) is 3.00. The Morgan fingerprint density at radius 1 is 1.27 bits per heavy atom. The van der Waals surface area contributed by atoms with E-state index in [2.05, 4.69) is 27.4 Å². The van der Waals surface area contributed by atoms with Crippen LogP contribution in [0.1, 0.15) is 17.3 Å². The molecule has 0 unspecified atom stereocenters. The number of carbonyl (C=O) groups is 1. The number of fused-ring (bicyclic) bond motifs is 1. The van der Waals surface area contributed by atoms with Gasteiger partial charge in [0.2, 0.25) is 0 Å². The lowest BCUT2D eigenvalue weighted by Gasteiger charge is -2.07. The number of halogens is 1. The van der Waals surface area contributed by atoms with Crippen LogP contribution in [0.2, 0.25) is 0 Å². The molecule has 3 aromatic rings. The summed E-state index contributed by atoms with van der Waals surface area (Å²) in [5.74, 6) is 0.530. The van der Waals surface area contributed by atoms with E-state index in [1.807, 2.05) is 30.3 Å². The molecule has 2 aromatic carbocycles. The summed E-state index contributed by atoms with van der Waals surface area (Å²) in [6, 6.07) is 13.4. The van der Waals surface area contributed by atoms with Gasteiger partial charge in [0.1, 0.15) is 5.82 Å². The monoisotopic (exact) mass is 358 g/mol. The largest absolute Gasteiger partial charge is 0.465 e. The van der Waals surface area contributed by atoms with Crippen molar-refractivity contribution in [1.82, 2.24) is 9.55 Å². The van der Waals surface area contributed by atoms with Crippen LogP contribution in [0.5, 0.6) is 0 Å². The zero-order valence-corrected chi connectivity index (χ0v) is 13.9. The summed E-state index contributed by atoms with van der Waals surface area (Å²) in [5, 5.41) is 0. The quantitative estimate of drug-likeness (QED) is 0.656. The van der Waals surface area contributed by atoms with Crippen LogP contribution in [-0.2, 0) is 11.3 Å². The molecule has 0 aliphatic carbocycles. The molecule has 1 heterocycles. The van der Waals surface area contributed by atoms with Crippen LogP contribution in [0.3, 0.4) is 0 Å². The molecule has 0 saturated heterocycles. The third-order valence-corrected chi connectivity index (χ3v) is 4.29. The van der Waals surface area contributed by atoms with Crippen molar-refractivity contribution in [3.63, 3.8) is 0 Å². The van der Waals surface area contributed by atoms with E-state index in [9.17, 15) is 4.79 Å². The molecular formula is C17H15BrN2O2. The maximum atomic E-state index is 11.7. The number of esters is 1. The van der Waals surface area contributed by atoms with Crippen LogP contribution in [0.25, 0.3) is 22.4 Å². The molecular weight excluding hydrogens is 344 g/mol. The Morgan fingerprint density at radius 3 is 2.73 bits per heavy atom. The summed E-state index contributed by atoms with van der Waals surface area (Å²) in [6.45, 7) is 2.88. The number of nitrogens with zero attached hydrogens (tertiary/aromatic N) is 2. The zero-order valence-electron chi connectivity index (χ0n) is 12.3. The fourth-order valence-electron chi connectivity index (χ4n) is 2.54. The van der Waals surface area contributed by atoms with Gasteiger partial charge in [-0.05, 0) is 31.2 Å². The van der Waals surface area contributed by atoms with E-state index in [1.54, 1.807) is 12.1 Å². The number of aryl methyl sites for hydroxylation is 1. The third kappa shape index (κ3) is 2.41. The fraction of sp³-hybridized carbons (Fsp3) is 0.176. The average molecular weight is 359 g/mol. The van der Waals surface area contributed by atoms with Gasteiger partial charge in [-0.3, -0.25) is 0 Å². The average Bonchev–Trinajstić information content (AvgIpc) is 2.91. The lowest BCUT2D eigenvalue weighted by atomic mass is 10.2. The number of hydrogen-bond acceptors (Lipinski definition) is 3. The van der Waals surface area contributed by atoms with Gasteiger partial charge in [-0.15, -0.1) is 0 Å². The number of carbonyl (C=O) groups excluding carboxylic acids is 1. The normalized spacial score (nSPS) is 10.9. The Morgan fingerprint density at radius 2 is 2.05 bits per heavy atom. The van der Waals surface area contributed by atoms with Crippen LogP contribution in [0, 0.1) is 0 Å². The molecule has 0 aliphatic heterocycles. The van der Waals surface area contributed by atoms with E-state index < -0.39 is 0 Å². The van der Waals surface area contributed by atoms with Crippen LogP contribution < -0.4 is 0 Å². The summed E-state index contributed by atoms with van der Waals surface area (Å²) >= 11 is 3.58. The Balaban J connectivity index is 2.23. The molecule has 0 saturated carbocycles. The zero-order chi connectivity index (χ0) is 15.7. The highest BCUT2D eigenvalue weighted by molar-refractivity contribution is 9.10. The van der Waals surface area contributed by atoms with Gasteiger partial charge in [-0.2, -0.15) is 0 Å². The number of rotatable bonds is 3. The first-order valence-corrected chi connectivity index (χ1v) is 7.78. The first kappa shape index (κ1) is 14.8. The molecule has 0 radical (unpaired) electrons. The van der Waals surface area contributed by atoms with Gasteiger partial charge < -0.3 is 9.30 Å². The van der Waals surface area contributed by atoms with Crippen LogP contribution in [-0.4, -0.2) is 22.6 Å². The first-order chi connectivity index (χ1) is 10.7. The van der Waals surface area contributed by atoms with Crippen LogP contribution in [0.4, 0.5) is 0 Å². The van der Waals surface area contributed by atoms with Crippen molar-refractivity contribution in [3.05, 3.63) is 52.5 Å². The lowest BCUT2D eigenvalue weighted by Crippen LogP contribution is -2.01. The second-order valence-electron chi connectivity index (χ2n) is 4.85. The van der Waals surface area contributed by atoms with Crippen molar-refractivity contribution in [2.24, 2.45) is 0 Å². The van der Waals surface area contributed by atoms with Gasteiger partial charge >= 0.3 is 5.97 Å². The molecule has 5 heteroatoms. The van der Waals surface area contributed by atoms with E-state index in [-0.39, 0.29) is 5.97 Å². The van der Waals surface area contributed by atoms with Gasteiger partial charge in [0.25, 0.3) is 0 Å². The number of methoxy groups -OCH3 is 1. The third-order valence-electron chi connectivity index (χ3n) is 3.60. The van der Waals surface area contributed by atoms with Gasteiger partial charge in [-0.25, -0.2) is 9.78 Å². The minimum atomic E-state index is -0.351. The molecule has 0 bridgehead atoms. The first-order valence-electron chi connectivity index (χ1n) is 6.99. The Bertz CT molecular complexity index is 855. The van der Waals surface area contributed by atoms with E-state index in [0.717, 1.165) is 33.4 Å². The Hall–Kier alpha value is -2.14. The van der Waals surface area contributed by atoms with Crippen molar-refractivity contribution in [3.8, 4) is 11.4 Å². The minimum absolute atomic E-state index is 0.351. The maximum Gasteiger partial charge on any atom is 0.337 e. The summed E-state index contributed by atoms with van der Waals surface area (Å²) in [6.07, 6.45) is 0. The number of aromatic nitrogens is 2. The summed E-state index contributed by atoms with van der Waals surface area (Å²) in [7, 11) is 1.38. The Labute approximate surface area is 136 Å². The second-order valence-corrected chi connectivity index (χ2v) is 5.71. The lowest BCUT2D eigenvalue weighted by molar-refractivity contribution is 0.0601. The van der Waals surface area contributed by atoms with Crippen molar-refractivity contribution < 1.29 is 9.53 Å². The molecule has 22 heavy (non-hydrogen) atoms. The molecule has 0 fully saturated rings. The molecule has 0 spiro atoms.